The molecule has 0 atom stereocenters. The standard InChI is InChI=1S/C10H13N5O4/c1-3-15-8(18)6-7(14(2)10(15)19)13-9(12-6)11-4-5(16)17/h3-4H2,1-2H3,(H,16,17)(H2,11,12,13). The first-order chi connectivity index (χ1) is 8.95. The van der Waals surface area contributed by atoms with Crippen LogP contribution in [0.15, 0.2) is 9.59 Å². The Kier molecular flexibility index (Phi) is 3.11. The molecule has 0 aliphatic carbocycles. The van der Waals surface area contributed by atoms with Crippen LogP contribution in [-0.4, -0.2) is 36.7 Å². The number of aliphatic carboxylic acids is 1. The van der Waals surface area contributed by atoms with Gasteiger partial charge < -0.3 is 15.4 Å². The highest BCUT2D eigenvalue weighted by Crippen LogP contribution is 2.07. The summed E-state index contributed by atoms with van der Waals surface area (Å²) < 4.78 is 2.31. The molecule has 0 radical (unpaired) electrons. The van der Waals surface area contributed by atoms with E-state index in [0.29, 0.717) is 0 Å². The van der Waals surface area contributed by atoms with Crippen molar-refractivity contribution < 1.29 is 9.90 Å². The molecule has 0 fully saturated rings. The quantitative estimate of drug-likeness (QED) is 0.649. The van der Waals surface area contributed by atoms with E-state index in [1.54, 1.807) is 6.92 Å². The van der Waals surface area contributed by atoms with Gasteiger partial charge in [-0.3, -0.25) is 18.7 Å². The highest BCUT2D eigenvalue weighted by molar-refractivity contribution is 5.75. The number of fused-ring (bicyclic) bond motifs is 1. The minimum Gasteiger partial charge on any atom is -0.480 e. The van der Waals surface area contributed by atoms with Crippen molar-refractivity contribution >= 4 is 23.1 Å². The molecule has 0 saturated carbocycles. The van der Waals surface area contributed by atoms with Crippen LogP contribution in [0.2, 0.25) is 0 Å². The van der Waals surface area contributed by atoms with Gasteiger partial charge in [-0.1, -0.05) is 0 Å². The number of imidazole rings is 1. The molecule has 102 valence electrons. The fourth-order valence-electron chi connectivity index (χ4n) is 1.77. The molecule has 0 bridgehead atoms. The summed E-state index contributed by atoms with van der Waals surface area (Å²) in [6.45, 7) is 1.60. The predicted octanol–water partition coefficient (Wildman–Crippen LogP) is -1.06. The largest absolute Gasteiger partial charge is 0.480 e. The summed E-state index contributed by atoms with van der Waals surface area (Å²) in [6, 6.07) is 0. The van der Waals surface area contributed by atoms with E-state index in [2.05, 4.69) is 15.3 Å². The molecule has 9 heteroatoms. The third-order valence-electron chi connectivity index (χ3n) is 2.70. The number of aromatic nitrogens is 4. The second-order valence-electron chi connectivity index (χ2n) is 3.92. The van der Waals surface area contributed by atoms with Crippen molar-refractivity contribution in [3.05, 3.63) is 20.8 Å². The summed E-state index contributed by atoms with van der Waals surface area (Å²) in [6.07, 6.45) is 0. The van der Waals surface area contributed by atoms with E-state index < -0.39 is 17.2 Å². The molecule has 0 saturated heterocycles. The van der Waals surface area contributed by atoms with Crippen LogP contribution in [0.25, 0.3) is 11.2 Å². The van der Waals surface area contributed by atoms with Crippen LogP contribution in [0.1, 0.15) is 6.92 Å². The molecule has 2 heterocycles. The lowest BCUT2D eigenvalue weighted by molar-refractivity contribution is -0.134. The Labute approximate surface area is 106 Å². The molecule has 0 amide bonds. The topological polar surface area (TPSA) is 122 Å². The van der Waals surface area contributed by atoms with Gasteiger partial charge in [-0.15, -0.1) is 0 Å². The average Bonchev–Trinajstić information content (AvgIpc) is 2.79. The number of aromatic amines is 1. The molecule has 0 aliphatic rings. The van der Waals surface area contributed by atoms with Gasteiger partial charge in [0.05, 0.1) is 0 Å². The maximum absolute atomic E-state index is 12.0. The molecule has 9 nitrogen and oxygen atoms in total. The minimum atomic E-state index is -1.06. The summed E-state index contributed by atoms with van der Waals surface area (Å²) in [7, 11) is 1.50. The molecule has 0 aliphatic heterocycles. The van der Waals surface area contributed by atoms with E-state index in [1.807, 2.05) is 0 Å². The molecular formula is C10H13N5O4. The Morgan fingerprint density at radius 3 is 2.74 bits per heavy atom. The molecule has 2 aromatic rings. The van der Waals surface area contributed by atoms with Gasteiger partial charge in [-0.25, -0.2) is 4.79 Å². The van der Waals surface area contributed by atoms with Gasteiger partial charge in [0, 0.05) is 13.6 Å². The van der Waals surface area contributed by atoms with Crippen LogP contribution in [0.5, 0.6) is 0 Å². The monoisotopic (exact) mass is 267 g/mol. The SMILES string of the molecule is CCn1c(=O)c2[nH]c(NCC(=O)O)nc2n(C)c1=O. The van der Waals surface area contributed by atoms with Crippen molar-refractivity contribution in [2.75, 3.05) is 11.9 Å². The third-order valence-corrected chi connectivity index (χ3v) is 2.70. The number of aryl methyl sites for hydroxylation is 1. The zero-order valence-electron chi connectivity index (χ0n) is 10.4. The fourth-order valence-corrected chi connectivity index (χ4v) is 1.77. The summed E-state index contributed by atoms with van der Waals surface area (Å²) in [4.78, 5) is 41.0. The average molecular weight is 267 g/mol. The van der Waals surface area contributed by atoms with Gasteiger partial charge >= 0.3 is 11.7 Å². The van der Waals surface area contributed by atoms with Crippen molar-refractivity contribution in [3.8, 4) is 0 Å². The Balaban J connectivity index is 2.62. The van der Waals surface area contributed by atoms with Gasteiger partial charge in [0.1, 0.15) is 6.54 Å². The number of carboxylic acid groups (broad SMARTS) is 1. The van der Waals surface area contributed by atoms with Crippen LogP contribution in [0, 0.1) is 0 Å². The van der Waals surface area contributed by atoms with Crippen LogP contribution in [0.3, 0.4) is 0 Å². The van der Waals surface area contributed by atoms with Crippen molar-refractivity contribution in [2.45, 2.75) is 13.5 Å². The Bertz CT molecular complexity index is 754. The second-order valence-corrected chi connectivity index (χ2v) is 3.92. The number of hydrogen-bond acceptors (Lipinski definition) is 5. The van der Waals surface area contributed by atoms with Crippen molar-refractivity contribution in [3.63, 3.8) is 0 Å². The van der Waals surface area contributed by atoms with Gasteiger partial charge in [-0.2, -0.15) is 4.98 Å². The van der Waals surface area contributed by atoms with Gasteiger partial charge in [0.25, 0.3) is 5.56 Å². The number of carboxylic acids is 1. The lowest BCUT2D eigenvalue weighted by Crippen LogP contribution is -2.38. The lowest BCUT2D eigenvalue weighted by atomic mass is 10.5. The molecule has 3 N–H and O–H groups in total. The Morgan fingerprint density at radius 2 is 2.16 bits per heavy atom. The smallest absolute Gasteiger partial charge is 0.332 e. The molecule has 19 heavy (non-hydrogen) atoms. The maximum atomic E-state index is 12.0. The predicted molar refractivity (Wildman–Crippen MR) is 67.4 cm³/mol. The second kappa shape index (κ2) is 4.59. The van der Waals surface area contributed by atoms with Crippen molar-refractivity contribution in [1.29, 1.82) is 0 Å². The van der Waals surface area contributed by atoms with E-state index in [1.165, 1.54) is 11.6 Å². The molecule has 0 unspecified atom stereocenters. The van der Waals surface area contributed by atoms with Gasteiger partial charge in [0.15, 0.2) is 11.2 Å². The molecule has 2 rings (SSSR count). The Morgan fingerprint density at radius 1 is 1.47 bits per heavy atom. The summed E-state index contributed by atoms with van der Waals surface area (Å²) in [5, 5.41) is 11.1. The van der Waals surface area contributed by atoms with E-state index in [9.17, 15) is 14.4 Å². The number of nitrogens with zero attached hydrogens (tertiary/aromatic N) is 3. The first-order valence-electron chi connectivity index (χ1n) is 5.61. The van der Waals surface area contributed by atoms with Crippen LogP contribution in [-0.2, 0) is 18.4 Å². The van der Waals surface area contributed by atoms with Crippen LogP contribution < -0.4 is 16.6 Å². The number of hydrogen-bond donors (Lipinski definition) is 3. The first-order valence-corrected chi connectivity index (χ1v) is 5.61. The number of rotatable bonds is 4. The van der Waals surface area contributed by atoms with Gasteiger partial charge in [-0.05, 0) is 6.92 Å². The first kappa shape index (κ1) is 12.9. The van der Waals surface area contributed by atoms with E-state index in [-0.39, 0.29) is 30.2 Å². The third kappa shape index (κ3) is 2.09. The van der Waals surface area contributed by atoms with E-state index in [0.717, 1.165) is 4.57 Å². The molecular weight excluding hydrogens is 254 g/mol. The van der Waals surface area contributed by atoms with Crippen LogP contribution >= 0.6 is 0 Å². The highest BCUT2D eigenvalue weighted by Gasteiger charge is 2.14. The van der Waals surface area contributed by atoms with E-state index in [4.69, 9.17) is 5.11 Å². The van der Waals surface area contributed by atoms with Crippen LogP contribution in [0.4, 0.5) is 5.95 Å². The number of H-pyrrole nitrogens is 1. The maximum Gasteiger partial charge on any atom is 0.332 e. The normalized spacial score (nSPS) is 10.8. The molecule has 2 aromatic heterocycles. The van der Waals surface area contributed by atoms with E-state index >= 15 is 0 Å². The molecule has 0 spiro atoms. The lowest BCUT2D eigenvalue weighted by Gasteiger charge is -2.03. The number of anilines is 1. The minimum absolute atomic E-state index is 0.137. The number of carbonyl (C=O) groups is 1. The molecule has 0 aromatic carbocycles. The summed E-state index contributed by atoms with van der Waals surface area (Å²) >= 11 is 0. The zero-order chi connectivity index (χ0) is 14.2. The number of nitrogens with one attached hydrogen (secondary N) is 2. The van der Waals surface area contributed by atoms with Crippen molar-refractivity contribution in [2.24, 2.45) is 7.05 Å². The van der Waals surface area contributed by atoms with Gasteiger partial charge in [0.2, 0.25) is 5.95 Å². The summed E-state index contributed by atoms with van der Waals surface area (Å²) in [5.74, 6) is -0.918. The van der Waals surface area contributed by atoms with Crippen molar-refractivity contribution in [1.82, 2.24) is 19.1 Å². The fraction of sp³-hybridized carbons (Fsp3) is 0.400. The Hall–Kier alpha value is -2.58. The zero-order valence-corrected chi connectivity index (χ0v) is 10.4. The highest BCUT2D eigenvalue weighted by atomic mass is 16.4. The summed E-state index contributed by atoms with van der Waals surface area (Å²) in [5.41, 5.74) is -0.586.